The van der Waals surface area contributed by atoms with E-state index < -0.39 is 0 Å². The molecule has 1 aliphatic rings. The monoisotopic (exact) mass is 285 g/mol. The Labute approximate surface area is 125 Å². The lowest BCUT2D eigenvalue weighted by molar-refractivity contribution is -0.134. The van der Waals surface area contributed by atoms with Crippen molar-refractivity contribution in [1.82, 2.24) is 14.8 Å². The molecule has 0 bridgehead atoms. The van der Waals surface area contributed by atoms with E-state index in [1.807, 2.05) is 11.1 Å². The minimum Gasteiger partial charge on any atom is -0.361 e. The molecule has 1 unspecified atom stereocenters. The van der Waals surface area contributed by atoms with Crippen LogP contribution in [0, 0.1) is 6.92 Å². The van der Waals surface area contributed by atoms with Gasteiger partial charge in [0.25, 0.3) is 0 Å². The van der Waals surface area contributed by atoms with Gasteiger partial charge in [0, 0.05) is 42.8 Å². The van der Waals surface area contributed by atoms with Crippen LogP contribution in [-0.2, 0) is 11.2 Å². The van der Waals surface area contributed by atoms with Gasteiger partial charge in [-0.1, -0.05) is 12.1 Å². The number of nitrogens with zero attached hydrogens (tertiary/aromatic N) is 2. The minimum absolute atomic E-state index is 0.233. The second kappa shape index (κ2) is 5.53. The highest BCUT2D eigenvalue weighted by atomic mass is 16.2. The lowest BCUT2D eigenvalue weighted by atomic mass is 10.1. The number of hydrogen-bond donors (Lipinski definition) is 1. The summed E-state index contributed by atoms with van der Waals surface area (Å²) in [5.41, 5.74) is 3.44. The molecule has 3 rings (SSSR count). The van der Waals surface area contributed by atoms with Gasteiger partial charge < -0.3 is 14.8 Å². The number of H-pyrrole nitrogens is 1. The number of piperazine rings is 1. The van der Waals surface area contributed by atoms with Crippen molar-refractivity contribution in [3.05, 3.63) is 35.5 Å². The lowest BCUT2D eigenvalue weighted by Crippen LogP contribution is -2.53. The summed E-state index contributed by atoms with van der Waals surface area (Å²) in [6.45, 7) is 6.96. The second-order valence-electron chi connectivity index (χ2n) is 6.24. The van der Waals surface area contributed by atoms with E-state index >= 15 is 0 Å². The molecule has 1 amide bonds. The normalized spacial score (nSPS) is 20.1. The number of carbonyl (C=O) groups is 1. The van der Waals surface area contributed by atoms with E-state index in [0.717, 1.165) is 36.1 Å². The van der Waals surface area contributed by atoms with Gasteiger partial charge in [-0.05, 0) is 38.1 Å². The highest BCUT2D eigenvalue weighted by Crippen LogP contribution is 2.21. The maximum absolute atomic E-state index is 12.6. The van der Waals surface area contributed by atoms with Gasteiger partial charge >= 0.3 is 0 Å². The standard InChI is InChI=1S/C17H23N3O/c1-12-4-5-15-14(10-18-16(15)8-12)9-17(21)20-7-6-19(3)11-13(20)2/h4-5,8,10,13,18H,6-7,9,11H2,1-3H3. The van der Waals surface area contributed by atoms with E-state index in [1.54, 1.807) is 0 Å². The third-order valence-electron chi connectivity index (χ3n) is 4.42. The number of aryl methyl sites for hydroxylation is 1. The molecule has 2 aromatic rings. The molecule has 0 aliphatic carbocycles. The van der Waals surface area contributed by atoms with Crippen molar-refractivity contribution in [2.75, 3.05) is 26.7 Å². The summed E-state index contributed by atoms with van der Waals surface area (Å²) >= 11 is 0. The Hall–Kier alpha value is -1.81. The topological polar surface area (TPSA) is 39.3 Å². The smallest absolute Gasteiger partial charge is 0.227 e. The van der Waals surface area contributed by atoms with Crippen LogP contribution in [0.15, 0.2) is 24.4 Å². The first-order valence-electron chi connectivity index (χ1n) is 7.59. The fourth-order valence-electron chi connectivity index (χ4n) is 3.22. The Kier molecular flexibility index (Phi) is 3.72. The molecule has 1 aromatic heterocycles. The van der Waals surface area contributed by atoms with Gasteiger partial charge in [-0.15, -0.1) is 0 Å². The summed E-state index contributed by atoms with van der Waals surface area (Å²) in [7, 11) is 2.11. The van der Waals surface area contributed by atoms with Crippen LogP contribution >= 0.6 is 0 Å². The number of nitrogens with one attached hydrogen (secondary N) is 1. The zero-order valence-electron chi connectivity index (χ0n) is 13.0. The highest BCUT2D eigenvalue weighted by Gasteiger charge is 2.26. The molecular weight excluding hydrogens is 262 g/mol. The summed E-state index contributed by atoms with van der Waals surface area (Å²) in [6.07, 6.45) is 2.46. The van der Waals surface area contributed by atoms with Gasteiger partial charge in [-0.3, -0.25) is 4.79 Å². The number of aromatic amines is 1. The molecule has 21 heavy (non-hydrogen) atoms. The quantitative estimate of drug-likeness (QED) is 0.918. The van der Waals surface area contributed by atoms with E-state index in [4.69, 9.17) is 0 Å². The minimum atomic E-state index is 0.233. The third-order valence-corrected chi connectivity index (χ3v) is 4.42. The van der Waals surface area contributed by atoms with Gasteiger partial charge in [-0.25, -0.2) is 0 Å². The number of hydrogen-bond acceptors (Lipinski definition) is 2. The number of aromatic nitrogens is 1. The SMILES string of the molecule is Cc1ccc2c(CC(=O)N3CCN(C)CC3C)c[nH]c2c1. The Bertz CT molecular complexity index is 661. The molecule has 1 atom stereocenters. The van der Waals surface area contributed by atoms with Crippen LogP contribution in [-0.4, -0.2) is 53.4 Å². The second-order valence-corrected chi connectivity index (χ2v) is 6.24. The molecule has 1 N–H and O–H groups in total. The largest absolute Gasteiger partial charge is 0.361 e. The number of rotatable bonds is 2. The molecule has 4 nitrogen and oxygen atoms in total. The Morgan fingerprint density at radius 3 is 2.95 bits per heavy atom. The van der Waals surface area contributed by atoms with E-state index in [2.05, 4.69) is 49.0 Å². The number of amides is 1. The van der Waals surface area contributed by atoms with E-state index in [1.165, 1.54) is 5.56 Å². The van der Waals surface area contributed by atoms with Crippen molar-refractivity contribution < 1.29 is 4.79 Å². The molecule has 2 heterocycles. The van der Waals surface area contributed by atoms with Crippen LogP contribution in [0.25, 0.3) is 10.9 Å². The molecule has 1 aromatic carbocycles. The number of likely N-dealkylation sites (N-methyl/N-ethyl adjacent to an activating group) is 1. The van der Waals surface area contributed by atoms with Crippen molar-refractivity contribution in [1.29, 1.82) is 0 Å². The van der Waals surface area contributed by atoms with E-state index in [9.17, 15) is 4.79 Å². The third kappa shape index (κ3) is 2.81. The van der Waals surface area contributed by atoms with Crippen LogP contribution in [0.4, 0.5) is 0 Å². The van der Waals surface area contributed by atoms with Crippen LogP contribution < -0.4 is 0 Å². The van der Waals surface area contributed by atoms with Crippen LogP contribution in [0.2, 0.25) is 0 Å². The molecular formula is C17H23N3O. The van der Waals surface area contributed by atoms with E-state index in [0.29, 0.717) is 12.5 Å². The van der Waals surface area contributed by atoms with Gasteiger partial charge in [-0.2, -0.15) is 0 Å². The van der Waals surface area contributed by atoms with Crippen LogP contribution in [0.1, 0.15) is 18.1 Å². The summed E-state index contributed by atoms with van der Waals surface area (Å²) < 4.78 is 0. The molecule has 1 aliphatic heterocycles. The van der Waals surface area contributed by atoms with Crippen LogP contribution in [0.3, 0.4) is 0 Å². The maximum Gasteiger partial charge on any atom is 0.227 e. The number of benzene rings is 1. The molecule has 0 radical (unpaired) electrons. The van der Waals surface area contributed by atoms with Crippen molar-refractivity contribution in [3.8, 4) is 0 Å². The summed E-state index contributed by atoms with van der Waals surface area (Å²) in [5, 5.41) is 1.16. The zero-order valence-corrected chi connectivity index (χ0v) is 13.0. The van der Waals surface area contributed by atoms with Gasteiger partial charge in [0.05, 0.1) is 6.42 Å². The molecule has 1 saturated heterocycles. The average molecular weight is 285 g/mol. The molecule has 4 heteroatoms. The first-order valence-corrected chi connectivity index (χ1v) is 7.59. The predicted molar refractivity (Wildman–Crippen MR) is 85.4 cm³/mol. The fourth-order valence-corrected chi connectivity index (χ4v) is 3.22. The molecule has 1 fully saturated rings. The Morgan fingerprint density at radius 1 is 1.38 bits per heavy atom. The highest BCUT2D eigenvalue weighted by molar-refractivity contribution is 5.89. The van der Waals surface area contributed by atoms with Gasteiger partial charge in [0.2, 0.25) is 5.91 Å². The van der Waals surface area contributed by atoms with Crippen molar-refractivity contribution in [3.63, 3.8) is 0 Å². The molecule has 112 valence electrons. The molecule has 0 spiro atoms. The maximum atomic E-state index is 12.6. The molecule has 0 saturated carbocycles. The number of fused-ring (bicyclic) bond motifs is 1. The van der Waals surface area contributed by atoms with Crippen molar-refractivity contribution in [2.24, 2.45) is 0 Å². The first-order chi connectivity index (χ1) is 10.0. The Morgan fingerprint density at radius 2 is 2.19 bits per heavy atom. The van der Waals surface area contributed by atoms with Crippen LogP contribution in [0.5, 0.6) is 0 Å². The summed E-state index contributed by atoms with van der Waals surface area (Å²) in [6, 6.07) is 6.63. The van der Waals surface area contributed by atoms with Crippen molar-refractivity contribution in [2.45, 2.75) is 26.3 Å². The van der Waals surface area contributed by atoms with E-state index in [-0.39, 0.29) is 5.91 Å². The zero-order chi connectivity index (χ0) is 15.0. The summed E-state index contributed by atoms with van der Waals surface area (Å²) in [4.78, 5) is 20.2. The van der Waals surface area contributed by atoms with Gasteiger partial charge in [0.15, 0.2) is 0 Å². The number of carbonyl (C=O) groups excluding carboxylic acids is 1. The average Bonchev–Trinajstić information content (AvgIpc) is 2.80. The first kappa shape index (κ1) is 14.1. The van der Waals surface area contributed by atoms with Gasteiger partial charge in [0.1, 0.15) is 0 Å². The Balaban J connectivity index is 1.77. The summed E-state index contributed by atoms with van der Waals surface area (Å²) in [5.74, 6) is 0.233. The lowest BCUT2D eigenvalue weighted by Gasteiger charge is -2.38. The fraction of sp³-hybridized carbons (Fsp3) is 0.471. The van der Waals surface area contributed by atoms with Crippen molar-refractivity contribution >= 4 is 16.8 Å². The predicted octanol–water partition coefficient (Wildman–Crippen LogP) is 2.18.